The number of aryl methyl sites for hydroxylation is 1. The molecule has 0 unspecified atom stereocenters. The molecule has 1 aromatic rings. The molecule has 0 saturated carbocycles. The highest BCUT2D eigenvalue weighted by molar-refractivity contribution is 5.56. The highest BCUT2D eigenvalue weighted by atomic mass is 16.6. The molecule has 0 fully saturated rings. The first-order chi connectivity index (χ1) is 7.15. The van der Waals surface area contributed by atoms with E-state index in [0.29, 0.717) is 11.8 Å². The minimum absolute atomic E-state index is 0.0102. The molecule has 76 valence electrons. The zero-order chi connectivity index (χ0) is 11.3. The Kier molecular flexibility index (Phi) is 3.58. The van der Waals surface area contributed by atoms with E-state index in [1.165, 1.54) is 12.1 Å². The predicted molar refractivity (Wildman–Crippen MR) is 55.4 cm³/mol. The van der Waals surface area contributed by atoms with Crippen molar-refractivity contribution >= 4 is 12.0 Å². The Morgan fingerprint density at radius 1 is 1.53 bits per heavy atom. The Morgan fingerprint density at radius 3 is 2.87 bits per heavy atom. The van der Waals surface area contributed by atoms with Gasteiger partial charge in [-0.05, 0) is 12.5 Å². The van der Waals surface area contributed by atoms with Crippen molar-refractivity contribution in [3.05, 3.63) is 39.4 Å². The van der Waals surface area contributed by atoms with Crippen LogP contribution in [0, 0.1) is 28.9 Å². The zero-order valence-electron chi connectivity index (χ0n) is 8.19. The third-order valence-corrected chi connectivity index (χ3v) is 1.84. The summed E-state index contributed by atoms with van der Waals surface area (Å²) in [6, 6.07) is 4.48. The molecule has 0 bridgehead atoms. The molecule has 4 nitrogen and oxygen atoms in total. The Labute approximate surface area is 87.1 Å². The first-order valence-corrected chi connectivity index (χ1v) is 4.32. The molecular weight excluding hydrogens is 194 g/mol. The second kappa shape index (κ2) is 4.91. The minimum Gasteiger partial charge on any atom is -0.302 e. The monoisotopic (exact) mass is 203 g/mol. The van der Waals surface area contributed by atoms with E-state index in [2.05, 4.69) is 11.8 Å². The second-order valence-corrected chi connectivity index (χ2v) is 2.93. The fraction of sp³-hybridized carbons (Fsp3) is 0.182. The van der Waals surface area contributed by atoms with Gasteiger partial charge < -0.3 is 4.79 Å². The van der Waals surface area contributed by atoms with Gasteiger partial charge in [-0.3, -0.25) is 10.1 Å². The maximum Gasteiger partial charge on any atom is 0.270 e. The molecule has 4 heteroatoms. The Balaban J connectivity index is 3.07. The summed E-state index contributed by atoms with van der Waals surface area (Å²) in [6.07, 6.45) is 0.835. The van der Waals surface area contributed by atoms with Gasteiger partial charge in [-0.2, -0.15) is 0 Å². The van der Waals surface area contributed by atoms with Crippen molar-refractivity contribution in [2.24, 2.45) is 0 Å². The number of carbonyl (C=O) groups is 1. The molecule has 1 aromatic carbocycles. The van der Waals surface area contributed by atoms with Crippen LogP contribution >= 0.6 is 0 Å². The van der Waals surface area contributed by atoms with Gasteiger partial charge in [0.15, 0.2) is 0 Å². The summed E-state index contributed by atoms with van der Waals surface area (Å²) >= 11 is 0. The molecule has 0 aromatic heterocycles. The van der Waals surface area contributed by atoms with Crippen molar-refractivity contribution in [3.63, 3.8) is 0 Å². The van der Waals surface area contributed by atoms with Crippen LogP contribution in [0.2, 0.25) is 0 Å². The van der Waals surface area contributed by atoms with Crippen LogP contribution in [-0.2, 0) is 4.79 Å². The van der Waals surface area contributed by atoms with Crippen LogP contribution in [0.4, 0.5) is 5.69 Å². The number of hydrogen-bond acceptors (Lipinski definition) is 3. The van der Waals surface area contributed by atoms with Crippen LogP contribution in [0.5, 0.6) is 0 Å². The van der Waals surface area contributed by atoms with E-state index in [-0.39, 0.29) is 12.1 Å². The molecule has 0 N–H and O–H groups in total. The molecule has 0 amide bonds. The van der Waals surface area contributed by atoms with Gasteiger partial charge in [0, 0.05) is 17.7 Å². The van der Waals surface area contributed by atoms with Gasteiger partial charge in [-0.15, -0.1) is 0 Å². The summed E-state index contributed by atoms with van der Waals surface area (Å²) in [6.45, 7) is 1.81. The van der Waals surface area contributed by atoms with Crippen LogP contribution in [0.25, 0.3) is 0 Å². The van der Waals surface area contributed by atoms with E-state index < -0.39 is 4.92 Å². The number of carbonyl (C=O) groups excluding carboxylic acids is 1. The average molecular weight is 203 g/mol. The normalized spacial score (nSPS) is 8.87. The SMILES string of the molecule is Cc1ccc([N+](=O)[O-])cc1C#CCC=O. The lowest BCUT2D eigenvalue weighted by molar-refractivity contribution is -0.384. The van der Waals surface area contributed by atoms with E-state index >= 15 is 0 Å². The predicted octanol–water partition coefficient (Wildman–Crippen LogP) is 1.84. The summed E-state index contributed by atoms with van der Waals surface area (Å²) in [5.41, 5.74) is 1.46. The van der Waals surface area contributed by atoms with Crippen LogP contribution in [0.3, 0.4) is 0 Å². The molecular formula is C11H9NO3. The fourth-order valence-corrected chi connectivity index (χ4v) is 1.05. The maximum atomic E-state index is 10.5. The maximum absolute atomic E-state index is 10.5. The summed E-state index contributed by atoms with van der Waals surface area (Å²) < 4.78 is 0. The Hall–Kier alpha value is -2.15. The van der Waals surface area contributed by atoms with Crippen LogP contribution in [0.15, 0.2) is 18.2 Å². The number of aldehydes is 1. The van der Waals surface area contributed by atoms with Crippen molar-refractivity contribution < 1.29 is 9.72 Å². The molecule has 1 rings (SSSR count). The summed E-state index contributed by atoms with van der Waals surface area (Å²) in [4.78, 5) is 20.1. The lowest BCUT2D eigenvalue weighted by Crippen LogP contribution is -1.90. The number of rotatable bonds is 2. The van der Waals surface area contributed by atoms with Gasteiger partial charge in [-0.25, -0.2) is 0 Å². The van der Waals surface area contributed by atoms with Crippen LogP contribution in [-0.4, -0.2) is 11.2 Å². The Bertz CT molecular complexity index is 455. The lowest BCUT2D eigenvalue weighted by atomic mass is 10.1. The first kappa shape index (κ1) is 10.9. The average Bonchev–Trinajstić information content (AvgIpc) is 2.20. The molecule has 15 heavy (non-hydrogen) atoms. The largest absolute Gasteiger partial charge is 0.302 e. The van der Waals surface area contributed by atoms with Gasteiger partial charge in [0.05, 0.1) is 11.3 Å². The van der Waals surface area contributed by atoms with E-state index in [0.717, 1.165) is 5.56 Å². The number of nitrogens with zero attached hydrogens (tertiary/aromatic N) is 1. The van der Waals surface area contributed by atoms with E-state index in [1.54, 1.807) is 6.07 Å². The van der Waals surface area contributed by atoms with Gasteiger partial charge in [0.2, 0.25) is 0 Å². The van der Waals surface area contributed by atoms with E-state index in [9.17, 15) is 14.9 Å². The van der Waals surface area contributed by atoms with Crippen LogP contribution < -0.4 is 0 Å². The molecule has 0 saturated heterocycles. The van der Waals surface area contributed by atoms with E-state index in [1.807, 2.05) is 6.92 Å². The van der Waals surface area contributed by atoms with Crippen molar-refractivity contribution in [2.75, 3.05) is 0 Å². The molecule has 0 aliphatic carbocycles. The smallest absolute Gasteiger partial charge is 0.270 e. The standard InChI is InChI=1S/C11H9NO3/c1-9-5-6-11(12(14)15)8-10(9)4-2-3-7-13/h5-8H,3H2,1H3. The van der Waals surface area contributed by atoms with Gasteiger partial charge >= 0.3 is 0 Å². The summed E-state index contributed by atoms with van der Waals surface area (Å²) in [7, 11) is 0. The van der Waals surface area contributed by atoms with Crippen LogP contribution in [0.1, 0.15) is 17.5 Å². The van der Waals surface area contributed by atoms with Gasteiger partial charge in [0.1, 0.15) is 6.29 Å². The summed E-state index contributed by atoms with van der Waals surface area (Å²) in [5, 5.41) is 10.5. The minimum atomic E-state index is -0.468. The fourth-order valence-electron chi connectivity index (χ4n) is 1.05. The summed E-state index contributed by atoms with van der Waals surface area (Å²) in [5.74, 6) is 5.34. The number of non-ortho nitro benzene ring substituents is 1. The third-order valence-electron chi connectivity index (χ3n) is 1.84. The quantitative estimate of drug-likeness (QED) is 0.319. The molecule has 0 atom stereocenters. The number of nitro groups is 1. The van der Waals surface area contributed by atoms with Crippen molar-refractivity contribution in [3.8, 4) is 11.8 Å². The molecule has 0 radical (unpaired) electrons. The highest BCUT2D eigenvalue weighted by Gasteiger charge is 2.06. The topological polar surface area (TPSA) is 60.2 Å². The molecule has 0 heterocycles. The molecule has 0 aliphatic heterocycles. The number of nitro benzene ring substituents is 1. The van der Waals surface area contributed by atoms with Gasteiger partial charge in [-0.1, -0.05) is 17.9 Å². The lowest BCUT2D eigenvalue weighted by Gasteiger charge is -1.97. The third kappa shape index (κ3) is 2.92. The molecule has 0 spiro atoms. The number of hydrogen-bond donors (Lipinski definition) is 0. The first-order valence-electron chi connectivity index (χ1n) is 4.32. The molecule has 0 aliphatic rings. The second-order valence-electron chi connectivity index (χ2n) is 2.93. The van der Waals surface area contributed by atoms with Crippen molar-refractivity contribution in [1.29, 1.82) is 0 Å². The van der Waals surface area contributed by atoms with E-state index in [4.69, 9.17) is 0 Å². The highest BCUT2D eigenvalue weighted by Crippen LogP contribution is 2.16. The van der Waals surface area contributed by atoms with Crippen molar-refractivity contribution in [2.45, 2.75) is 13.3 Å². The van der Waals surface area contributed by atoms with Gasteiger partial charge in [0.25, 0.3) is 5.69 Å². The Morgan fingerprint density at radius 2 is 2.27 bits per heavy atom. The van der Waals surface area contributed by atoms with Crippen molar-refractivity contribution in [1.82, 2.24) is 0 Å². The zero-order valence-corrected chi connectivity index (χ0v) is 8.19. The number of benzene rings is 1.